The van der Waals surface area contributed by atoms with Crippen molar-refractivity contribution in [2.24, 2.45) is 7.05 Å². The lowest BCUT2D eigenvalue weighted by molar-refractivity contribution is 0.102. The number of anilines is 1. The fourth-order valence-electron chi connectivity index (χ4n) is 2.90. The van der Waals surface area contributed by atoms with Crippen LogP contribution >= 0.6 is 0 Å². The van der Waals surface area contributed by atoms with Crippen LogP contribution in [-0.4, -0.2) is 24.4 Å². The largest absolute Gasteiger partial charge is 0.496 e. The Labute approximate surface area is 138 Å². The Balaban J connectivity index is 1.67. The second-order valence-electron chi connectivity index (χ2n) is 5.50. The average Bonchev–Trinajstić information content (AvgIpc) is 3.19. The van der Waals surface area contributed by atoms with E-state index in [0.29, 0.717) is 22.9 Å². The molecule has 6 heteroatoms. The summed E-state index contributed by atoms with van der Waals surface area (Å²) in [6.07, 6.45) is 0. The monoisotopic (exact) mass is 324 g/mol. The minimum atomic E-state index is -0.199. The number of amides is 1. The van der Waals surface area contributed by atoms with Crippen LogP contribution in [0.2, 0.25) is 0 Å². The van der Waals surface area contributed by atoms with Gasteiger partial charge in [-0.2, -0.15) is 0 Å². The zero-order valence-corrected chi connectivity index (χ0v) is 13.3. The molecular weight excluding hydrogens is 308 g/mol. The maximum absolute atomic E-state index is 12.7. The highest BCUT2D eigenvalue weighted by atomic mass is 16.7. The Kier molecular flexibility index (Phi) is 3.30. The lowest BCUT2D eigenvalue weighted by Crippen LogP contribution is -2.15. The molecule has 0 bridgehead atoms. The summed E-state index contributed by atoms with van der Waals surface area (Å²) >= 11 is 0. The number of aromatic nitrogens is 1. The number of nitrogens with zero attached hydrogens (tertiary/aromatic N) is 1. The van der Waals surface area contributed by atoms with Gasteiger partial charge in [0.15, 0.2) is 11.5 Å². The first-order chi connectivity index (χ1) is 11.7. The van der Waals surface area contributed by atoms with E-state index in [2.05, 4.69) is 5.32 Å². The molecule has 2 aromatic carbocycles. The number of benzene rings is 2. The van der Waals surface area contributed by atoms with Gasteiger partial charge in [0, 0.05) is 24.2 Å². The Morgan fingerprint density at radius 1 is 1.17 bits per heavy atom. The van der Waals surface area contributed by atoms with Crippen molar-refractivity contribution in [1.29, 1.82) is 0 Å². The van der Waals surface area contributed by atoms with Gasteiger partial charge in [0.1, 0.15) is 11.4 Å². The molecule has 0 saturated carbocycles. The average molecular weight is 324 g/mol. The highest BCUT2D eigenvalue weighted by Crippen LogP contribution is 2.34. The van der Waals surface area contributed by atoms with Crippen molar-refractivity contribution in [3.8, 4) is 17.2 Å². The molecule has 0 spiro atoms. The van der Waals surface area contributed by atoms with Gasteiger partial charge >= 0.3 is 0 Å². The number of fused-ring (bicyclic) bond motifs is 2. The third-order valence-corrected chi connectivity index (χ3v) is 4.13. The Morgan fingerprint density at radius 2 is 2.00 bits per heavy atom. The summed E-state index contributed by atoms with van der Waals surface area (Å²) in [5.41, 5.74) is 2.14. The first-order valence-corrected chi connectivity index (χ1v) is 7.51. The summed E-state index contributed by atoms with van der Waals surface area (Å²) in [5.74, 6) is 1.86. The van der Waals surface area contributed by atoms with E-state index in [4.69, 9.17) is 14.2 Å². The fraction of sp³-hybridized carbons (Fsp3) is 0.167. The van der Waals surface area contributed by atoms with Gasteiger partial charge < -0.3 is 24.1 Å². The Morgan fingerprint density at radius 3 is 2.83 bits per heavy atom. The molecule has 0 atom stereocenters. The van der Waals surface area contributed by atoms with E-state index in [1.165, 1.54) is 0 Å². The maximum atomic E-state index is 12.7. The first-order valence-electron chi connectivity index (χ1n) is 7.51. The van der Waals surface area contributed by atoms with E-state index in [0.717, 1.165) is 16.7 Å². The molecule has 0 fully saturated rings. The topological polar surface area (TPSA) is 61.7 Å². The summed E-state index contributed by atoms with van der Waals surface area (Å²) < 4.78 is 17.8. The number of hydrogen-bond acceptors (Lipinski definition) is 4. The van der Waals surface area contributed by atoms with Crippen LogP contribution in [0.25, 0.3) is 10.9 Å². The molecule has 0 saturated heterocycles. The van der Waals surface area contributed by atoms with E-state index in [9.17, 15) is 4.79 Å². The molecule has 1 aliphatic rings. The highest BCUT2D eigenvalue weighted by Gasteiger charge is 2.18. The molecule has 122 valence electrons. The number of ether oxygens (including phenoxy) is 3. The predicted molar refractivity (Wildman–Crippen MR) is 90.0 cm³/mol. The van der Waals surface area contributed by atoms with Crippen LogP contribution in [0.3, 0.4) is 0 Å². The third kappa shape index (κ3) is 2.23. The normalized spacial score (nSPS) is 12.4. The van der Waals surface area contributed by atoms with Crippen LogP contribution < -0.4 is 19.5 Å². The van der Waals surface area contributed by atoms with E-state index in [-0.39, 0.29) is 12.7 Å². The number of hydrogen-bond donors (Lipinski definition) is 1. The van der Waals surface area contributed by atoms with E-state index in [1.54, 1.807) is 25.3 Å². The number of carbonyl (C=O) groups excluding carboxylic acids is 1. The van der Waals surface area contributed by atoms with Crippen molar-refractivity contribution in [2.45, 2.75) is 0 Å². The second-order valence-corrected chi connectivity index (χ2v) is 5.50. The van der Waals surface area contributed by atoms with Crippen molar-refractivity contribution in [3.05, 3.63) is 48.2 Å². The maximum Gasteiger partial charge on any atom is 0.272 e. The molecule has 1 amide bonds. The van der Waals surface area contributed by atoms with Gasteiger partial charge in [0.25, 0.3) is 5.91 Å². The van der Waals surface area contributed by atoms with Crippen LogP contribution in [0.5, 0.6) is 17.2 Å². The molecule has 1 N–H and O–H groups in total. The molecule has 1 aliphatic heterocycles. The summed E-state index contributed by atoms with van der Waals surface area (Å²) in [5, 5.41) is 3.79. The van der Waals surface area contributed by atoms with Crippen molar-refractivity contribution < 1.29 is 19.0 Å². The lowest BCUT2D eigenvalue weighted by Gasteiger charge is -2.07. The Hall–Kier alpha value is -3.15. The van der Waals surface area contributed by atoms with E-state index in [1.807, 2.05) is 35.9 Å². The quantitative estimate of drug-likeness (QED) is 0.804. The summed E-state index contributed by atoms with van der Waals surface area (Å²) in [4.78, 5) is 12.7. The molecule has 2 heterocycles. The second kappa shape index (κ2) is 5.49. The summed E-state index contributed by atoms with van der Waals surface area (Å²) in [6.45, 7) is 0.204. The predicted octanol–water partition coefficient (Wildman–Crippen LogP) is 3.17. The van der Waals surface area contributed by atoms with Crippen LogP contribution in [0.1, 0.15) is 10.5 Å². The highest BCUT2D eigenvalue weighted by molar-refractivity contribution is 6.07. The summed E-state index contributed by atoms with van der Waals surface area (Å²) in [6, 6.07) is 12.9. The van der Waals surface area contributed by atoms with Crippen LogP contribution in [-0.2, 0) is 7.05 Å². The van der Waals surface area contributed by atoms with Crippen molar-refractivity contribution in [1.82, 2.24) is 4.57 Å². The van der Waals surface area contributed by atoms with Crippen molar-refractivity contribution >= 4 is 22.5 Å². The van der Waals surface area contributed by atoms with Crippen LogP contribution in [0.4, 0.5) is 5.69 Å². The lowest BCUT2D eigenvalue weighted by atomic mass is 10.2. The summed E-state index contributed by atoms with van der Waals surface area (Å²) in [7, 11) is 3.48. The van der Waals surface area contributed by atoms with Crippen molar-refractivity contribution in [3.63, 3.8) is 0 Å². The van der Waals surface area contributed by atoms with Crippen molar-refractivity contribution in [2.75, 3.05) is 19.2 Å². The van der Waals surface area contributed by atoms with Gasteiger partial charge in [-0.3, -0.25) is 4.79 Å². The number of rotatable bonds is 3. The molecule has 0 unspecified atom stereocenters. The van der Waals surface area contributed by atoms with Gasteiger partial charge in [-0.1, -0.05) is 6.07 Å². The first kappa shape index (κ1) is 14.4. The molecule has 24 heavy (non-hydrogen) atoms. The van der Waals surface area contributed by atoms with Gasteiger partial charge in [-0.25, -0.2) is 0 Å². The van der Waals surface area contributed by atoms with E-state index < -0.39 is 0 Å². The number of methoxy groups -OCH3 is 1. The molecule has 3 aromatic rings. The molecule has 4 rings (SSSR count). The van der Waals surface area contributed by atoms with Crippen LogP contribution in [0, 0.1) is 0 Å². The fourth-order valence-corrected chi connectivity index (χ4v) is 2.90. The zero-order valence-electron chi connectivity index (χ0n) is 13.3. The smallest absolute Gasteiger partial charge is 0.272 e. The van der Waals surface area contributed by atoms with Gasteiger partial charge in [0.05, 0.1) is 12.6 Å². The molecule has 1 aromatic heterocycles. The van der Waals surface area contributed by atoms with Gasteiger partial charge in [0.2, 0.25) is 6.79 Å². The third-order valence-electron chi connectivity index (χ3n) is 4.13. The minimum absolute atomic E-state index is 0.199. The van der Waals surface area contributed by atoms with Gasteiger partial charge in [-0.15, -0.1) is 0 Å². The number of carbonyl (C=O) groups is 1. The van der Waals surface area contributed by atoms with E-state index >= 15 is 0 Å². The van der Waals surface area contributed by atoms with Crippen LogP contribution in [0.15, 0.2) is 42.5 Å². The molecule has 0 radical (unpaired) electrons. The minimum Gasteiger partial charge on any atom is -0.496 e. The number of nitrogens with one attached hydrogen (secondary N) is 1. The van der Waals surface area contributed by atoms with Gasteiger partial charge in [-0.05, 0) is 30.3 Å². The number of aryl methyl sites for hydroxylation is 1. The zero-order chi connectivity index (χ0) is 16.7. The standard InChI is InChI=1S/C18H16N2O4/c1-20-13-4-3-5-15(22-2)12(13)9-14(20)18(21)19-11-6-7-16-17(8-11)24-10-23-16/h3-9H,10H2,1-2H3,(H,19,21). The molecule has 6 nitrogen and oxygen atoms in total. The Bertz CT molecular complexity index is 946. The molecule has 0 aliphatic carbocycles. The molecular formula is C18H16N2O4. The SMILES string of the molecule is COc1cccc2c1cc(C(=O)Nc1ccc3c(c1)OCO3)n2C.